The molecule has 5 fully saturated rings. The first kappa shape index (κ1) is 40.0. The molecule has 0 spiro atoms. The zero-order chi connectivity index (χ0) is 37.4. The van der Waals surface area contributed by atoms with Crippen molar-refractivity contribution in [1.82, 2.24) is 0 Å². The second kappa shape index (κ2) is 13.6. The second-order valence-electron chi connectivity index (χ2n) is 18.5. The fourth-order valence-corrected chi connectivity index (χ4v) is 12.1. The third-order valence-corrected chi connectivity index (χ3v) is 15.0. The molecule has 0 bridgehead atoms. The van der Waals surface area contributed by atoms with Crippen LogP contribution in [0.5, 0.6) is 0 Å². The van der Waals surface area contributed by atoms with E-state index in [0.717, 1.165) is 38.5 Å². The molecule has 12 nitrogen and oxygen atoms in total. The topological polar surface area (TPSA) is 196 Å². The predicted molar refractivity (Wildman–Crippen MR) is 182 cm³/mol. The van der Waals surface area contributed by atoms with Crippen LogP contribution >= 0.6 is 0 Å². The van der Waals surface area contributed by atoms with Crippen LogP contribution < -0.4 is 0 Å². The van der Waals surface area contributed by atoms with Crippen LogP contribution in [0.1, 0.15) is 107 Å². The molecule has 0 radical (unpaired) electrons. The van der Waals surface area contributed by atoms with Crippen molar-refractivity contribution in [2.75, 3.05) is 6.61 Å². The molecule has 5 rings (SSSR count). The first-order valence-corrected chi connectivity index (χ1v) is 18.6. The van der Waals surface area contributed by atoms with Crippen LogP contribution in [0.3, 0.4) is 0 Å². The molecule has 0 aromatic carbocycles. The molecule has 0 aromatic rings. The Balaban J connectivity index is 1.38. The number of hydrogen-bond donors (Lipinski definition) is 7. The molecule has 1 heterocycles. The summed E-state index contributed by atoms with van der Waals surface area (Å²) in [4.78, 5) is 16.0. The molecule has 1 aliphatic heterocycles. The van der Waals surface area contributed by atoms with E-state index in [9.17, 15) is 40.7 Å². The van der Waals surface area contributed by atoms with Crippen LogP contribution in [0.25, 0.3) is 0 Å². The van der Waals surface area contributed by atoms with E-state index < -0.39 is 77.0 Å². The van der Waals surface area contributed by atoms with Gasteiger partial charge in [-0.05, 0) is 106 Å². The summed E-state index contributed by atoms with van der Waals surface area (Å²) in [7, 11) is 0. The average molecular weight is 713 g/mol. The molecular weight excluding hydrogens is 648 g/mol. The Morgan fingerprint density at radius 1 is 0.860 bits per heavy atom. The molecule has 7 N–H and O–H groups in total. The van der Waals surface area contributed by atoms with Crippen LogP contribution in [0, 0.1) is 45.3 Å². The lowest BCUT2D eigenvalue weighted by Gasteiger charge is -2.71. The van der Waals surface area contributed by atoms with E-state index >= 15 is 0 Å². The molecule has 288 valence electrons. The maximum atomic E-state index is 12.2. The van der Waals surface area contributed by atoms with E-state index in [1.54, 1.807) is 19.9 Å². The standard InChI is InChI=1S/C38H64O12/c1-20(39)47-19-23-26(40)27(41)28(42)32(48-23)49-31-29(43)30(44)38(9)24(34(31,4)5)14-18-36(7)25(38)12-11-21-22(13-17-35(21,36)6)37(8,45)16-10-15-33(2,3)50-46/h10,15,21-32,40-46H,11-14,16-19H2,1-9H3/b15-10+/t21-,22+,23-,24+,25+,26-,27+,28-,29?,30?,31?,32+,35-,36-,37+,38+/m1/s1. The lowest BCUT2D eigenvalue weighted by molar-refractivity contribution is -0.355. The zero-order valence-corrected chi connectivity index (χ0v) is 31.4. The average Bonchev–Trinajstić information content (AvgIpc) is 3.40. The molecule has 50 heavy (non-hydrogen) atoms. The van der Waals surface area contributed by atoms with E-state index in [1.165, 1.54) is 6.92 Å². The Morgan fingerprint density at radius 3 is 2.12 bits per heavy atom. The molecule has 4 saturated carbocycles. The highest BCUT2D eigenvalue weighted by atomic mass is 17.1. The van der Waals surface area contributed by atoms with E-state index in [1.807, 2.05) is 26.8 Å². The van der Waals surface area contributed by atoms with Crippen molar-refractivity contribution in [3.8, 4) is 0 Å². The third kappa shape index (κ3) is 6.31. The molecule has 16 atom stereocenters. The van der Waals surface area contributed by atoms with Gasteiger partial charge >= 0.3 is 5.97 Å². The van der Waals surface area contributed by atoms with Crippen LogP contribution in [0.2, 0.25) is 0 Å². The van der Waals surface area contributed by atoms with E-state index in [-0.39, 0.29) is 41.1 Å². The summed E-state index contributed by atoms with van der Waals surface area (Å²) >= 11 is 0. The van der Waals surface area contributed by atoms with Gasteiger partial charge in [-0.15, -0.1) is 0 Å². The van der Waals surface area contributed by atoms with Gasteiger partial charge in [0.15, 0.2) is 6.29 Å². The van der Waals surface area contributed by atoms with Gasteiger partial charge in [0.1, 0.15) is 42.7 Å². The lowest BCUT2D eigenvalue weighted by atomic mass is 9.34. The SMILES string of the molecule is CC(=O)OC[C@H]1O[C@@H](OC2C(O)C(O)[C@]3(C)[C@H]4CC[C@@H]5[C@@H]([C@@](C)(O)C/C=C/C(C)(C)OO)CC[C@@]5(C)[C@]4(C)CC[C@H]3C2(C)C)[C@H](O)[C@@H](O)[C@@H]1O. The molecule has 12 heteroatoms. The van der Waals surface area contributed by atoms with Crippen molar-refractivity contribution in [2.45, 2.75) is 167 Å². The van der Waals surface area contributed by atoms with Gasteiger partial charge in [0.2, 0.25) is 0 Å². The van der Waals surface area contributed by atoms with Crippen LogP contribution in [-0.2, 0) is 23.9 Å². The number of carbonyl (C=O) groups is 1. The van der Waals surface area contributed by atoms with Crippen molar-refractivity contribution in [2.24, 2.45) is 45.3 Å². The minimum atomic E-state index is -1.65. The Hall–Kier alpha value is -1.19. The number of rotatable bonds is 9. The van der Waals surface area contributed by atoms with Crippen LogP contribution in [0.15, 0.2) is 12.2 Å². The molecular formula is C38H64O12. The Bertz CT molecular complexity index is 1270. The third-order valence-electron chi connectivity index (χ3n) is 15.0. The molecule has 1 saturated heterocycles. The number of esters is 1. The maximum Gasteiger partial charge on any atom is 0.302 e. The van der Waals surface area contributed by atoms with Crippen LogP contribution in [0.4, 0.5) is 0 Å². The molecule has 5 aliphatic rings. The predicted octanol–water partition coefficient (Wildman–Crippen LogP) is 3.33. The maximum absolute atomic E-state index is 12.2. The lowest BCUT2D eigenvalue weighted by Crippen LogP contribution is -2.73. The first-order valence-electron chi connectivity index (χ1n) is 18.6. The molecule has 4 aliphatic carbocycles. The van der Waals surface area contributed by atoms with Gasteiger partial charge in [0, 0.05) is 12.3 Å². The van der Waals surface area contributed by atoms with Gasteiger partial charge in [-0.2, -0.15) is 0 Å². The van der Waals surface area contributed by atoms with Gasteiger partial charge in [-0.25, -0.2) is 4.89 Å². The van der Waals surface area contributed by atoms with Gasteiger partial charge in [-0.3, -0.25) is 10.1 Å². The summed E-state index contributed by atoms with van der Waals surface area (Å²) in [5, 5.41) is 77.2. The minimum absolute atomic E-state index is 0.0765. The molecule has 3 unspecified atom stereocenters. The largest absolute Gasteiger partial charge is 0.463 e. The first-order chi connectivity index (χ1) is 23.0. The number of aliphatic hydroxyl groups excluding tert-OH is 5. The summed E-state index contributed by atoms with van der Waals surface area (Å²) in [5.41, 5.74) is -3.46. The fourth-order valence-electron chi connectivity index (χ4n) is 12.1. The van der Waals surface area contributed by atoms with Gasteiger partial charge in [-0.1, -0.05) is 46.8 Å². The van der Waals surface area contributed by atoms with Crippen molar-refractivity contribution in [3.05, 3.63) is 12.2 Å². The highest BCUT2D eigenvalue weighted by Crippen LogP contribution is 2.76. The summed E-state index contributed by atoms with van der Waals surface area (Å²) in [6.45, 7) is 17.2. The van der Waals surface area contributed by atoms with E-state index in [0.29, 0.717) is 6.42 Å². The summed E-state index contributed by atoms with van der Waals surface area (Å²) in [5.74, 6) is -0.243. The highest BCUT2D eigenvalue weighted by molar-refractivity contribution is 5.65. The number of hydrogen-bond acceptors (Lipinski definition) is 12. The van der Waals surface area contributed by atoms with Crippen molar-refractivity contribution < 1.29 is 59.8 Å². The number of aliphatic hydroxyl groups is 6. The minimum Gasteiger partial charge on any atom is -0.463 e. The monoisotopic (exact) mass is 712 g/mol. The highest BCUT2D eigenvalue weighted by Gasteiger charge is 2.73. The molecule has 0 aromatic heterocycles. The Kier molecular flexibility index (Phi) is 10.9. The normalized spacial score (nSPS) is 48.7. The van der Waals surface area contributed by atoms with Gasteiger partial charge < -0.3 is 44.8 Å². The molecule has 0 amide bonds. The number of carbonyl (C=O) groups excluding carboxylic acids is 1. The van der Waals surface area contributed by atoms with Gasteiger partial charge in [0.25, 0.3) is 0 Å². The Morgan fingerprint density at radius 2 is 1.50 bits per heavy atom. The number of fused-ring (bicyclic) bond motifs is 5. The smallest absolute Gasteiger partial charge is 0.302 e. The van der Waals surface area contributed by atoms with Gasteiger partial charge in [0.05, 0.1) is 17.8 Å². The van der Waals surface area contributed by atoms with Crippen molar-refractivity contribution in [1.29, 1.82) is 0 Å². The summed E-state index contributed by atoms with van der Waals surface area (Å²) in [6, 6.07) is 0. The second-order valence-corrected chi connectivity index (χ2v) is 18.5. The van der Waals surface area contributed by atoms with E-state index in [4.69, 9.17) is 14.2 Å². The van der Waals surface area contributed by atoms with Crippen molar-refractivity contribution >= 4 is 5.97 Å². The Labute approximate surface area is 297 Å². The quantitative estimate of drug-likeness (QED) is 0.0607. The van der Waals surface area contributed by atoms with Crippen molar-refractivity contribution in [3.63, 3.8) is 0 Å². The fraction of sp³-hybridized carbons (Fsp3) is 0.921. The van der Waals surface area contributed by atoms with E-state index in [2.05, 4.69) is 25.7 Å². The zero-order valence-electron chi connectivity index (χ0n) is 31.4. The summed E-state index contributed by atoms with van der Waals surface area (Å²) < 4.78 is 17.1. The number of ether oxygens (including phenoxy) is 3. The summed E-state index contributed by atoms with van der Waals surface area (Å²) in [6.07, 6.45) is -1.56. The van der Waals surface area contributed by atoms with Crippen LogP contribution in [-0.4, -0.2) is 109 Å².